The fraction of sp³-hybridized carbons (Fsp3) is 0.688. The molecule has 2 heterocycles. The van der Waals surface area contributed by atoms with Crippen molar-refractivity contribution in [3.63, 3.8) is 0 Å². The van der Waals surface area contributed by atoms with Gasteiger partial charge in [-0.15, -0.1) is 0 Å². The first kappa shape index (κ1) is 20.4. The summed E-state index contributed by atoms with van der Waals surface area (Å²) in [4.78, 5) is 23.9. The van der Waals surface area contributed by atoms with Gasteiger partial charge in [-0.3, -0.25) is 9.89 Å². The molecule has 1 amide bonds. The molecule has 1 aliphatic rings. The van der Waals surface area contributed by atoms with Crippen molar-refractivity contribution in [2.75, 3.05) is 13.1 Å². The summed E-state index contributed by atoms with van der Waals surface area (Å²) in [6, 6.07) is -0.993. The van der Waals surface area contributed by atoms with Crippen LogP contribution in [0.5, 0.6) is 0 Å². The smallest absolute Gasteiger partial charge is 0.326 e. The molecule has 1 fully saturated rings. The van der Waals surface area contributed by atoms with E-state index in [1.54, 1.807) is 27.7 Å². The Hall–Kier alpha value is -1.94. The number of H-pyrrole nitrogens is 1. The van der Waals surface area contributed by atoms with E-state index >= 15 is 0 Å². The molecule has 0 radical (unpaired) electrons. The molecule has 1 aromatic rings. The Morgan fingerprint density at radius 3 is 2.50 bits per heavy atom. The first-order chi connectivity index (χ1) is 12.1. The number of aliphatic carboxylic acids is 1. The van der Waals surface area contributed by atoms with Crippen LogP contribution in [0.4, 0.5) is 0 Å². The number of carboxylic acid groups (broad SMARTS) is 1. The lowest BCUT2D eigenvalue weighted by Crippen LogP contribution is -2.50. The van der Waals surface area contributed by atoms with E-state index in [0.717, 1.165) is 0 Å². The molecule has 2 rings (SSSR count). The standard InChI is InChI=1S/C16H26N4O5S/c1-9(2)13(16(22)23)17-15(21)12-6-5-7-20(8-12)26(24,25)14-10(3)18-19-11(14)4/h9,12-13H,5-8H2,1-4H3,(H,17,21)(H,18,19)(H,22,23)/t12?,13-/m1/s1. The highest BCUT2D eigenvalue weighted by Gasteiger charge is 2.37. The first-order valence-electron chi connectivity index (χ1n) is 8.60. The van der Waals surface area contributed by atoms with E-state index in [9.17, 15) is 23.1 Å². The average Bonchev–Trinajstić information content (AvgIpc) is 2.91. The van der Waals surface area contributed by atoms with Gasteiger partial charge < -0.3 is 10.4 Å². The third-order valence-corrected chi connectivity index (χ3v) is 6.77. The second-order valence-corrected chi connectivity index (χ2v) is 8.91. The number of carbonyl (C=O) groups is 2. The van der Waals surface area contributed by atoms with Crippen LogP contribution in [0.3, 0.4) is 0 Å². The number of sulfonamides is 1. The van der Waals surface area contributed by atoms with E-state index in [1.807, 2.05) is 0 Å². The van der Waals surface area contributed by atoms with Crippen LogP contribution in [0, 0.1) is 25.7 Å². The summed E-state index contributed by atoms with van der Waals surface area (Å²) in [7, 11) is -3.76. The van der Waals surface area contributed by atoms with Gasteiger partial charge in [-0.1, -0.05) is 13.8 Å². The lowest BCUT2D eigenvalue weighted by atomic mass is 9.97. The molecule has 1 saturated heterocycles. The number of hydrogen-bond donors (Lipinski definition) is 3. The summed E-state index contributed by atoms with van der Waals surface area (Å²) >= 11 is 0. The molecule has 1 aromatic heterocycles. The molecule has 0 saturated carbocycles. The summed E-state index contributed by atoms with van der Waals surface area (Å²) in [5.74, 6) is -2.37. The summed E-state index contributed by atoms with van der Waals surface area (Å²) in [5, 5.41) is 18.4. The maximum absolute atomic E-state index is 12.9. The summed E-state index contributed by atoms with van der Waals surface area (Å²) < 4.78 is 27.2. The number of aromatic amines is 1. The van der Waals surface area contributed by atoms with E-state index < -0.39 is 33.9 Å². The van der Waals surface area contributed by atoms with Crippen LogP contribution in [0.15, 0.2) is 4.90 Å². The molecule has 0 bridgehead atoms. The zero-order chi connectivity index (χ0) is 19.6. The lowest BCUT2D eigenvalue weighted by Gasteiger charge is -2.32. The summed E-state index contributed by atoms with van der Waals surface area (Å²) in [6.07, 6.45) is 1.05. The van der Waals surface area contributed by atoms with E-state index in [-0.39, 0.29) is 17.4 Å². The highest BCUT2D eigenvalue weighted by Crippen LogP contribution is 2.27. The number of amides is 1. The van der Waals surface area contributed by atoms with Gasteiger partial charge >= 0.3 is 5.97 Å². The third-order valence-electron chi connectivity index (χ3n) is 4.64. The fourth-order valence-electron chi connectivity index (χ4n) is 3.21. The van der Waals surface area contributed by atoms with Crippen molar-refractivity contribution in [2.45, 2.75) is 51.5 Å². The van der Waals surface area contributed by atoms with Crippen LogP contribution in [0.2, 0.25) is 0 Å². The van der Waals surface area contributed by atoms with Gasteiger partial charge in [0.25, 0.3) is 0 Å². The van der Waals surface area contributed by atoms with Crippen LogP contribution in [0.1, 0.15) is 38.1 Å². The number of nitrogens with zero attached hydrogens (tertiary/aromatic N) is 2. The largest absolute Gasteiger partial charge is 0.480 e. The molecule has 0 aromatic carbocycles. The normalized spacial score (nSPS) is 20.1. The quantitative estimate of drug-likeness (QED) is 0.658. The van der Waals surface area contributed by atoms with Gasteiger partial charge in [0.2, 0.25) is 15.9 Å². The number of aryl methyl sites for hydroxylation is 2. The molecule has 1 unspecified atom stereocenters. The molecule has 9 nitrogen and oxygen atoms in total. The Kier molecular flexibility index (Phi) is 6.07. The first-order valence-corrected chi connectivity index (χ1v) is 10.0. The van der Waals surface area contributed by atoms with Crippen LogP contribution < -0.4 is 5.32 Å². The predicted molar refractivity (Wildman–Crippen MR) is 93.9 cm³/mol. The van der Waals surface area contributed by atoms with Crippen molar-refractivity contribution in [1.82, 2.24) is 19.8 Å². The van der Waals surface area contributed by atoms with E-state index in [1.165, 1.54) is 4.31 Å². The van der Waals surface area contributed by atoms with Crippen molar-refractivity contribution < 1.29 is 23.1 Å². The topological polar surface area (TPSA) is 132 Å². The Bertz CT molecular complexity index is 767. The Labute approximate surface area is 153 Å². The minimum Gasteiger partial charge on any atom is -0.480 e. The highest BCUT2D eigenvalue weighted by molar-refractivity contribution is 7.89. The molecule has 1 aliphatic heterocycles. The lowest BCUT2D eigenvalue weighted by molar-refractivity contribution is -0.144. The zero-order valence-electron chi connectivity index (χ0n) is 15.4. The van der Waals surface area contributed by atoms with Gasteiger partial charge in [0.1, 0.15) is 10.9 Å². The van der Waals surface area contributed by atoms with Crippen LogP contribution >= 0.6 is 0 Å². The summed E-state index contributed by atoms with van der Waals surface area (Å²) in [5.41, 5.74) is 0.847. The van der Waals surface area contributed by atoms with E-state index in [2.05, 4.69) is 15.5 Å². The number of rotatable bonds is 6. The summed E-state index contributed by atoms with van der Waals surface area (Å²) in [6.45, 7) is 7.03. The van der Waals surface area contributed by atoms with Crippen molar-refractivity contribution >= 4 is 21.9 Å². The average molecular weight is 386 g/mol. The molecule has 3 N–H and O–H groups in total. The van der Waals surface area contributed by atoms with Crippen molar-refractivity contribution in [1.29, 1.82) is 0 Å². The van der Waals surface area contributed by atoms with Gasteiger partial charge in [-0.05, 0) is 32.6 Å². The molecular formula is C16H26N4O5S. The van der Waals surface area contributed by atoms with E-state index in [4.69, 9.17) is 0 Å². The van der Waals surface area contributed by atoms with Crippen LogP contribution in [0.25, 0.3) is 0 Å². The molecular weight excluding hydrogens is 360 g/mol. The van der Waals surface area contributed by atoms with Gasteiger partial charge in [-0.25, -0.2) is 13.2 Å². The molecule has 0 spiro atoms. The van der Waals surface area contributed by atoms with Crippen molar-refractivity contribution in [3.05, 3.63) is 11.4 Å². The second kappa shape index (κ2) is 7.75. The number of piperidine rings is 1. The van der Waals surface area contributed by atoms with Gasteiger partial charge in [0.05, 0.1) is 17.3 Å². The molecule has 0 aliphatic carbocycles. The number of carbonyl (C=O) groups excluding carboxylic acids is 1. The minimum atomic E-state index is -3.76. The SMILES string of the molecule is Cc1n[nH]c(C)c1S(=O)(=O)N1CCCC(C(=O)N[C@@H](C(=O)O)C(C)C)C1. The van der Waals surface area contributed by atoms with E-state index in [0.29, 0.717) is 30.8 Å². The molecule has 26 heavy (non-hydrogen) atoms. The van der Waals surface area contributed by atoms with Crippen molar-refractivity contribution in [2.24, 2.45) is 11.8 Å². The minimum absolute atomic E-state index is 0.0304. The maximum atomic E-state index is 12.9. The molecule has 2 atom stereocenters. The number of aromatic nitrogens is 2. The molecule has 10 heteroatoms. The van der Waals surface area contributed by atoms with Gasteiger partial charge in [0.15, 0.2) is 0 Å². The third kappa shape index (κ3) is 4.07. The Morgan fingerprint density at radius 2 is 2.00 bits per heavy atom. The maximum Gasteiger partial charge on any atom is 0.326 e. The molecule has 146 valence electrons. The van der Waals surface area contributed by atoms with Crippen LogP contribution in [-0.4, -0.2) is 59.0 Å². The monoisotopic (exact) mass is 386 g/mol. The second-order valence-electron chi connectivity index (χ2n) is 7.03. The zero-order valence-corrected chi connectivity index (χ0v) is 16.3. The van der Waals surface area contributed by atoms with Gasteiger partial charge in [0, 0.05) is 13.1 Å². The Balaban J connectivity index is 2.16. The fourth-order valence-corrected chi connectivity index (χ4v) is 5.06. The number of hydrogen-bond acceptors (Lipinski definition) is 5. The number of nitrogens with one attached hydrogen (secondary N) is 2. The predicted octanol–water partition coefficient (Wildman–Crippen LogP) is 0.653. The number of carboxylic acids is 1. The van der Waals surface area contributed by atoms with Gasteiger partial charge in [-0.2, -0.15) is 9.40 Å². The Morgan fingerprint density at radius 1 is 1.35 bits per heavy atom. The highest BCUT2D eigenvalue weighted by atomic mass is 32.2. The van der Waals surface area contributed by atoms with Crippen molar-refractivity contribution in [3.8, 4) is 0 Å². The van der Waals surface area contributed by atoms with Crippen LogP contribution in [-0.2, 0) is 19.6 Å².